The van der Waals surface area contributed by atoms with E-state index in [1.54, 1.807) is 16.7 Å². The number of aliphatic hydroxyl groups is 1. The van der Waals surface area contributed by atoms with Crippen LogP contribution in [0, 0.1) is 17.8 Å². The van der Waals surface area contributed by atoms with Gasteiger partial charge in [-0.2, -0.15) is 0 Å². The maximum atomic E-state index is 14.1. The summed E-state index contributed by atoms with van der Waals surface area (Å²) < 4.78 is -0.646. The van der Waals surface area contributed by atoms with Gasteiger partial charge in [-0.1, -0.05) is 50.6 Å². The molecule has 0 aromatic heterocycles. The minimum absolute atomic E-state index is 0.0167. The lowest BCUT2D eigenvalue weighted by Gasteiger charge is -2.40. The SMILES string of the molecule is CC[C@H](C)[C@H](CO)N1C(=O)[C@@H]2[C@H](C(=O)NCc3ccccc3)[C@@H]3CCC2(S3)C1C(=O)NC(C)(C)C. The Bertz CT molecular complexity index is 965. The van der Waals surface area contributed by atoms with Crippen molar-refractivity contribution < 1.29 is 19.5 Å². The Morgan fingerprint density at radius 1 is 1.23 bits per heavy atom. The van der Waals surface area contributed by atoms with Crippen LogP contribution in [0.2, 0.25) is 0 Å². The van der Waals surface area contributed by atoms with Gasteiger partial charge in [0.15, 0.2) is 0 Å². The number of amides is 3. The van der Waals surface area contributed by atoms with Crippen molar-refractivity contribution in [1.82, 2.24) is 15.5 Å². The summed E-state index contributed by atoms with van der Waals surface area (Å²) in [4.78, 5) is 43.0. The molecule has 3 amide bonds. The molecule has 3 N–H and O–H groups in total. The molecule has 3 saturated heterocycles. The van der Waals surface area contributed by atoms with Gasteiger partial charge in [0.2, 0.25) is 17.7 Å². The number of rotatable bonds is 8. The zero-order chi connectivity index (χ0) is 25.5. The van der Waals surface area contributed by atoms with Gasteiger partial charge in [0.05, 0.1) is 29.2 Å². The number of nitrogens with one attached hydrogen (secondary N) is 2. The van der Waals surface area contributed by atoms with Gasteiger partial charge in [0.25, 0.3) is 0 Å². The summed E-state index contributed by atoms with van der Waals surface area (Å²) in [7, 11) is 0. The summed E-state index contributed by atoms with van der Waals surface area (Å²) in [5, 5.41) is 16.5. The maximum Gasteiger partial charge on any atom is 0.244 e. The third-order valence-corrected chi connectivity index (χ3v) is 9.89. The van der Waals surface area contributed by atoms with Crippen molar-refractivity contribution in [3.63, 3.8) is 0 Å². The van der Waals surface area contributed by atoms with Gasteiger partial charge in [-0.25, -0.2) is 0 Å². The number of fused-ring (bicyclic) bond motifs is 1. The second kappa shape index (κ2) is 9.77. The van der Waals surface area contributed by atoms with E-state index in [1.807, 2.05) is 65.0 Å². The van der Waals surface area contributed by atoms with Crippen LogP contribution in [0.1, 0.15) is 59.4 Å². The number of aliphatic hydroxyl groups excluding tert-OH is 1. The molecule has 192 valence electrons. The molecule has 8 heteroatoms. The summed E-state index contributed by atoms with van der Waals surface area (Å²) in [5.74, 6) is -1.47. The number of hydrogen-bond donors (Lipinski definition) is 3. The molecule has 4 rings (SSSR count). The molecule has 2 bridgehead atoms. The van der Waals surface area contributed by atoms with E-state index < -0.39 is 34.2 Å². The van der Waals surface area contributed by atoms with Crippen LogP contribution < -0.4 is 10.6 Å². The lowest BCUT2D eigenvalue weighted by atomic mass is 9.70. The normalized spacial score (nSPS) is 31.3. The Balaban J connectivity index is 1.68. The Morgan fingerprint density at radius 2 is 1.91 bits per heavy atom. The highest BCUT2D eigenvalue weighted by Crippen LogP contribution is 2.66. The minimum Gasteiger partial charge on any atom is -0.394 e. The number of carbonyl (C=O) groups excluding carboxylic acids is 3. The van der Waals surface area contributed by atoms with Gasteiger partial charge in [-0.3, -0.25) is 14.4 Å². The molecule has 7 atom stereocenters. The smallest absolute Gasteiger partial charge is 0.244 e. The maximum absolute atomic E-state index is 14.1. The van der Waals surface area contributed by atoms with Crippen LogP contribution in [-0.2, 0) is 20.9 Å². The van der Waals surface area contributed by atoms with E-state index in [1.165, 1.54) is 0 Å². The fourth-order valence-corrected chi connectivity index (χ4v) is 8.41. The number of likely N-dealkylation sites (tertiary alicyclic amines) is 1. The molecule has 1 aromatic carbocycles. The number of benzene rings is 1. The Morgan fingerprint density at radius 3 is 2.51 bits per heavy atom. The lowest BCUT2D eigenvalue weighted by Crippen LogP contribution is -2.60. The largest absolute Gasteiger partial charge is 0.394 e. The molecule has 3 heterocycles. The van der Waals surface area contributed by atoms with E-state index in [0.717, 1.165) is 24.8 Å². The fraction of sp³-hybridized carbons (Fsp3) is 0.667. The molecule has 7 nitrogen and oxygen atoms in total. The van der Waals surface area contributed by atoms with Crippen molar-refractivity contribution in [2.45, 2.75) is 88.0 Å². The molecule has 3 aliphatic heterocycles. The summed E-state index contributed by atoms with van der Waals surface area (Å²) in [6.07, 6.45) is 2.30. The molecule has 35 heavy (non-hydrogen) atoms. The number of thioether (sulfide) groups is 1. The van der Waals surface area contributed by atoms with Crippen molar-refractivity contribution in [2.75, 3.05) is 6.61 Å². The molecule has 2 unspecified atom stereocenters. The monoisotopic (exact) mass is 501 g/mol. The second-order valence-electron chi connectivity index (χ2n) is 11.4. The van der Waals surface area contributed by atoms with Crippen LogP contribution in [0.15, 0.2) is 30.3 Å². The molecule has 0 radical (unpaired) electrons. The van der Waals surface area contributed by atoms with Crippen LogP contribution in [0.4, 0.5) is 0 Å². The zero-order valence-electron chi connectivity index (χ0n) is 21.4. The van der Waals surface area contributed by atoms with Crippen LogP contribution >= 0.6 is 11.8 Å². The second-order valence-corrected chi connectivity index (χ2v) is 13.0. The van der Waals surface area contributed by atoms with Gasteiger partial charge in [-0.05, 0) is 45.1 Å². The third-order valence-electron chi connectivity index (χ3n) is 7.94. The molecule has 0 aliphatic carbocycles. The molecular formula is C27H39N3O4S. The Kier molecular flexibility index (Phi) is 7.26. The van der Waals surface area contributed by atoms with E-state index in [9.17, 15) is 19.5 Å². The van der Waals surface area contributed by atoms with Gasteiger partial charge in [0.1, 0.15) is 6.04 Å². The van der Waals surface area contributed by atoms with Gasteiger partial charge < -0.3 is 20.6 Å². The van der Waals surface area contributed by atoms with Gasteiger partial charge in [0, 0.05) is 17.3 Å². The summed E-state index contributed by atoms with van der Waals surface area (Å²) >= 11 is 1.66. The first-order valence-electron chi connectivity index (χ1n) is 12.8. The molecule has 3 aliphatic rings. The highest BCUT2D eigenvalue weighted by Gasteiger charge is 2.74. The molecule has 1 aromatic rings. The molecule has 1 spiro atoms. The molecule has 3 fully saturated rings. The highest BCUT2D eigenvalue weighted by atomic mass is 32.2. The quantitative estimate of drug-likeness (QED) is 0.509. The van der Waals surface area contributed by atoms with Gasteiger partial charge in [-0.15, -0.1) is 11.8 Å². The Hall–Kier alpha value is -2.06. The summed E-state index contributed by atoms with van der Waals surface area (Å²) in [5.41, 5.74) is 0.546. The third kappa shape index (κ3) is 4.59. The van der Waals surface area contributed by atoms with E-state index in [-0.39, 0.29) is 35.5 Å². The first-order valence-corrected chi connectivity index (χ1v) is 13.7. The van der Waals surface area contributed by atoms with E-state index >= 15 is 0 Å². The van der Waals surface area contributed by atoms with Crippen LogP contribution in [0.3, 0.4) is 0 Å². The lowest BCUT2D eigenvalue weighted by molar-refractivity contribution is -0.144. The van der Waals surface area contributed by atoms with E-state index in [4.69, 9.17) is 0 Å². The van der Waals surface area contributed by atoms with Gasteiger partial charge >= 0.3 is 0 Å². The molecule has 0 saturated carbocycles. The minimum atomic E-state index is -0.702. The average molecular weight is 502 g/mol. The first kappa shape index (κ1) is 26.0. The van der Waals surface area contributed by atoms with E-state index in [2.05, 4.69) is 10.6 Å². The standard InChI is InChI=1S/C27H39N3O4S/c1-6-16(2)18(15-31)30-22(24(33)29-26(3,4)5)27-13-12-19(35-27)20(21(27)25(30)34)23(32)28-14-17-10-8-7-9-11-17/h7-11,16,18-22,31H,6,12-15H2,1-5H3,(H,28,32)(H,29,33)/t16-,18-,19-,20+,21-,22?,27?/m0/s1. The number of carbonyl (C=O) groups is 3. The zero-order valence-corrected chi connectivity index (χ0v) is 22.2. The van der Waals surface area contributed by atoms with Crippen LogP contribution in [0.5, 0.6) is 0 Å². The van der Waals surface area contributed by atoms with Crippen molar-refractivity contribution in [1.29, 1.82) is 0 Å². The van der Waals surface area contributed by atoms with Crippen LogP contribution in [0.25, 0.3) is 0 Å². The van der Waals surface area contributed by atoms with Crippen molar-refractivity contribution in [3.8, 4) is 0 Å². The predicted molar refractivity (Wildman–Crippen MR) is 137 cm³/mol. The van der Waals surface area contributed by atoms with Crippen molar-refractivity contribution in [2.24, 2.45) is 17.8 Å². The van der Waals surface area contributed by atoms with Crippen LogP contribution in [-0.4, -0.2) is 62.0 Å². The number of nitrogens with zero attached hydrogens (tertiary/aromatic N) is 1. The first-order chi connectivity index (χ1) is 16.5. The number of hydrogen-bond acceptors (Lipinski definition) is 5. The van der Waals surface area contributed by atoms with Crippen molar-refractivity contribution in [3.05, 3.63) is 35.9 Å². The fourth-order valence-electron chi connectivity index (χ4n) is 6.20. The highest BCUT2D eigenvalue weighted by molar-refractivity contribution is 8.02. The Labute approximate surface area is 212 Å². The molecular weight excluding hydrogens is 462 g/mol. The summed E-state index contributed by atoms with van der Waals surface area (Å²) in [6.45, 7) is 10.0. The topological polar surface area (TPSA) is 98.7 Å². The van der Waals surface area contributed by atoms with Crippen molar-refractivity contribution >= 4 is 29.5 Å². The predicted octanol–water partition coefficient (Wildman–Crippen LogP) is 2.72. The average Bonchev–Trinajstić information content (AvgIpc) is 3.45. The summed E-state index contributed by atoms with van der Waals surface area (Å²) in [6, 6.07) is 8.57. The van der Waals surface area contributed by atoms with E-state index in [0.29, 0.717) is 6.54 Å².